The van der Waals surface area contributed by atoms with Crippen molar-refractivity contribution in [1.82, 2.24) is 5.32 Å². The molecule has 6 nitrogen and oxygen atoms in total. The molecule has 0 saturated carbocycles. The molecule has 0 heterocycles. The van der Waals surface area contributed by atoms with Gasteiger partial charge in [-0.05, 0) is 49.9 Å². The number of amides is 1. The number of aliphatic hydroxyl groups is 1. The molecule has 2 aromatic rings. The summed E-state index contributed by atoms with van der Waals surface area (Å²) < 4.78 is 10.7. The molecule has 1 aliphatic carbocycles. The van der Waals surface area contributed by atoms with Gasteiger partial charge in [0, 0.05) is 5.92 Å². The number of hydrogen-bond acceptors (Lipinski definition) is 5. The van der Waals surface area contributed by atoms with E-state index in [9.17, 15) is 14.7 Å². The Bertz CT molecular complexity index is 855. The number of ether oxygens (including phenoxy) is 2. The monoisotopic (exact) mass is 397 g/mol. The van der Waals surface area contributed by atoms with E-state index in [0.717, 1.165) is 22.3 Å². The van der Waals surface area contributed by atoms with Gasteiger partial charge in [0.05, 0.1) is 6.10 Å². The average Bonchev–Trinajstić information content (AvgIpc) is 2.96. The normalized spacial score (nSPS) is 15.1. The molecule has 0 saturated heterocycles. The van der Waals surface area contributed by atoms with Gasteiger partial charge in [0.15, 0.2) is 6.04 Å². The first-order valence-electron chi connectivity index (χ1n) is 9.70. The van der Waals surface area contributed by atoms with E-state index in [0.29, 0.717) is 0 Å². The van der Waals surface area contributed by atoms with Crippen molar-refractivity contribution in [3.8, 4) is 11.1 Å². The molecule has 0 unspecified atom stereocenters. The third-order valence-electron chi connectivity index (χ3n) is 4.76. The zero-order valence-corrected chi connectivity index (χ0v) is 17.1. The third kappa shape index (κ3) is 4.77. The molecule has 154 valence electrons. The van der Waals surface area contributed by atoms with E-state index in [1.165, 1.54) is 6.92 Å². The van der Waals surface area contributed by atoms with Gasteiger partial charge in [-0.15, -0.1) is 0 Å². The number of benzene rings is 2. The summed E-state index contributed by atoms with van der Waals surface area (Å²) in [5, 5.41) is 12.3. The van der Waals surface area contributed by atoms with Crippen LogP contribution in [-0.2, 0) is 14.3 Å². The lowest BCUT2D eigenvalue weighted by Gasteiger charge is -2.26. The van der Waals surface area contributed by atoms with Crippen LogP contribution in [0, 0.1) is 0 Å². The molecule has 0 bridgehead atoms. The molecule has 0 fully saturated rings. The smallest absolute Gasteiger partial charge is 0.407 e. The van der Waals surface area contributed by atoms with E-state index in [4.69, 9.17) is 9.47 Å². The summed E-state index contributed by atoms with van der Waals surface area (Å²) in [6.45, 7) is 6.70. The second-order valence-corrected chi connectivity index (χ2v) is 8.22. The molecular weight excluding hydrogens is 370 g/mol. The van der Waals surface area contributed by atoms with Crippen molar-refractivity contribution in [2.24, 2.45) is 0 Å². The van der Waals surface area contributed by atoms with Crippen molar-refractivity contribution >= 4 is 12.1 Å². The molecule has 0 aromatic heterocycles. The van der Waals surface area contributed by atoms with E-state index in [-0.39, 0.29) is 12.5 Å². The molecule has 1 aliphatic rings. The highest BCUT2D eigenvalue weighted by molar-refractivity contribution is 5.82. The van der Waals surface area contributed by atoms with Crippen LogP contribution in [0.3, 0.4) is 0 Å². The molecule has 0 aliphatic heterocycles. The van der Waals surface area contributed by atoms with Crippen LogP contribution in [0.1, 0.15) is 44.7 Å². The molecule has 2 aromatic carbocycles. The number of rotatable bonds is 5. The summed E-state index contributed by atoms with van der Waals surface area (Å²) in [5.41, 5.74) is 3.73. The minimum atomic E-state index is -1.20. The summed E-state index contributed by atoms with van der Waals surface area (Å²) in [6.07, 6.45) is -1.89. The first-order valence-corrected chi connectivity index (χ1v) is 9.70. The number of alkyl carbamates (subject to hydrolysis) is 1. The Hall–Kier alpha value is -2.86. The zero-order valence-electron chi connectivity index (χ0n) is 17.1. The van der Waals surface area contributed by atoms with Gasteiger partial charge >= 0.3 is 12.1 Å². The summed E-state index contributed by atoms with van der Waals surface area (Å²) in [6, 6.07) is 14.9. The molecule has 29 heavy (non-hydrogen) atoms. The van der Waals surface area contributed by atoms with E-state index < -0.39 is 29.8 Å². The van der Waals surface area contributed by atoms with Gasteiger partial charge < -0.3 is 19.9 Å². The van der Waals surface area contributed by atoms with E-state index >= 15 is 0 Å². The standard InChI is InChI=1S/C23H27NO5/c1-14(25)20(21(26)29-23(2,3)4)24-22(27)28-13-19-17-11-7-5-9-15(17)16-10-6-8-12-18(16)19/h5-12,14,19-20,25H,13H2,1-4H3,(H,24,27)/t14-,20+/m0/s1. The van der Waals surface area contributed by atoms with Gasteiger partial charge in [0.2, 0.25) is 0 Å². The van der Waals surface area contributed by atoms with Gasteiger partial charge in [0.1, 0.15) is 12.2 Å². The Balaban J connectivity index is 1.68. The number of hydrogen-bond donors (Lipinski definition) is 2. The molecule has 0 radical (unpaired) electrons. The Morgan fingerprint density at radius 1 is 1.03 bits per heavy atom. The maximum absolute atomic E-state index is 12.4. The maximum atomic E-state index is 12.4. The highest BCUT2D eigenvalue weighted by Gasteiger charge is 2.32. The number of fused-ring (bicyclic) bond motifs is 3. The third-order valence-corrected chi connectivity index (χ3v) is 4.76. The van der Waals surface area contributed by atoms with Crippen molar-refractivity contribution < 1.29 is 24.2 Å². The summed E-state index contributed by atoms with van der Waals surface area (Å²) in [4.78, 5) is 24.6. The molecule has 2 N–H and O–H groups in total. The molecule has 3 rings (SSSR count). The summed E-state index contributed by atoms with van der Waals surface area (Å²) in [7, 11) is 0. The van der Waals surface area contributed by atoms with Crippen LogP contribution in [0.5, 0.6) is 0 Å². The van der Waals surface area contributed by atoms with E-state index in [1.54, 1.807) is 20.8 Å². The van der Waals surface area contributed by atoms with Crippen LogP contribution >= 0.6 is 0 Å². The lowest BCUT2D eigenvalue weighted by molar-refractivity contribution is -0.160. The number of carbonyl (C=O) groups is 2. The summed E-state index contributed by atoms with van der Waals surface area (Å²) in [5.74, 6) is -0.791. The van der Waals surface area contributed by atoms with Crippen molar-refractivity contribution in [3.05, 3.63) is 59.7 Å². The highest BCUT2D eigenvalue weighted by atomic mass is 16.6. The minimum absolute atomic E-state index is 0.0836. The predicted octanol–water partition coefficient (Wildman–Crippen LogP) is 3.62. The molecule has 0 spiro atoms. The lowest BCUT2D eigenvalue weighted by Crippen LogP contribution is -2.50. The molecule has 1 amide bonds. The van der Waals surface area contributed by atoms with Crippen LogP contribution < -0.4 is 5.32 Å². The van der Waals surface area contributed by atoms with Gasteiger partial charge in [-0.3, -0.25) is 0 Å². The zero-order chi connectivity index (χ0) is 21.2. The number of carbonyl (C=O) groups excluding carboxylic acids is 2. The van der Waals surface area contributed by atoms with E-state index in [2.05, 4.69) is 17.4 Å². The Morgan fingerprint density at radius 3 is 2.03 bits per heavy atom. The number of nitrogens with one attached hydrogen (secondary N) is 1. The lowest BCUT2D eigenvalue weighted by atomic mass is 9.98. The molecule has 6 heteroatoms. The SMILES string of the molecule is C[C@H](O)[C@@H](NC(=O)OCC1c2ccccc2-c2ccccc21)C(=O)OC(C)(C)C. The first kappa shape index (κ1) is 20.9. The van der Waals surface area contributed by atoms with Crippen molar-refractivity contribution in [2.75, 3.05) is 6.61 Å². The topological polar surface area (TPSA) is 84.9 Å². The Morgan fingerprint density at radius 2 is 1.55 bits per heavy atom. The summed E-state index contributed by atoms with van der Waals surface area (Å²) >= 11 is 0. The van der Waals surface area contributed by atoms with Crippen LogP contribution in [-0.4, -0.2) is 41.5 Å². The fourth-order valence-electron chi connectivity index (χ4n) is 3.51. The minimum Gasteiger partial charge on any atom is -0.458 e. The quantitative estimate of drug-likeness (QED) is 0.753. The van der Waals surface area contributed by atoms with Crippen LogP contribution in [0.2, 0.25) is 0 Å². The van der Waals surface area contributed by atoms with Crippen molar-refractivity contribution in [2.45, 2.75) is 51.4 Å². The van der Waals surface area contributed by atoms with Gasteiger partial charge in [0.25, 0.3) is 0 Å². The Kier molecular flexibility index (Phi) is 5.94. The van der Waals surface area contributed by atoms with Crippen molar-refractivity contribution in [3.63, 3.8) is 0 Å². The fourth-order valence-corrected chi connectivity index (χ4v) is 3.51. The maximum Gasteiger partial charge on any atom is 0.407 e. The van der Waals surface area contributed by atoms with Gasteiger partial charge in [-0.2, -0.15) is 0 Å². The van der Waals surface area contributed by atoms with Crippen LogP contribution in [0.15, 0.2) is 48.5 Å². The highest BCUT2D eigenvalue weighted by Crippen LogP contribution is 2.44. The second-order valence-electron chi connectivity index (χ2n) is 8.22. The Labute approximate surface area is 170 Å². The largest absolute Gasteiger partial charge is 0.458 e. The number of esters is 1. The van der Waals surface area contributed by atoms with Crippen LogP contribution in [0.4, 0.5) is 4.79 Å². The fraction of sp³-hybridized carbons (Fsp3) is 0.391. The van der Waals surface area contributed by atoms with Gasteiger partial charge in [-0.25, -0.2) is 9.59 Å². The number of aliphatic hydroxyl groups excluding tert-OH is 1. The van der Waals surface area contributed by atoms with Crippen LogP contribution in [0.25, 0.3) is 11.1 Å². The van der Waals surface area contributed by atoms with Crippen molar-refractivity contribution in [1.29, 1.82) is 0 Å². The van der Waals surface area contributed by atoms with Gasteiger partial charge in [-0.1, -0.05) is 48.5 Å². The second kappa shape index (κ2) is 8.25. The van der Waals surface area contributed by atoms with E-state index in [1.807, 2.05) is 36.4 Å². The average molecular weight is 397 g/mol. The first-order chi connectivity index (χ1) is 13.7. The predicted molar refractivity (Wildman–Crippen MR) is 110 cm³/mol. The molecular formula is C23H27NO5. The molecule has 2 atom stereocenters.